The second-order valence-corrected chi connectivity index (χ2v) is 4.94. The van der Waals surface area contributed by atoms with Gasteiger partial charge in [0.25, 0.3) is 11.8 Å². The quantitative estimate of drug-likeness (QED) is 0.706. The fourth-order valence-electron chi connectivity index (χ4n) is 1.97. The van der Waals surface area contributed by atoms with Crippen molar-refractivity contribution in [2.75, 3.05) is 10.6 Å². The monoisotopic (exact) mass is 313 g/mol. The first-order chi connectivity index (χ1) is 10.9. The molecule has 4 N–H and O–H groups in total. The molecule has 1 aromatic heterocycles. The van der Waals surface area contributed by atoms with Crippen LogP contribution < -0.4 is 20.9 Å². The van der Waals surface area contributed by atoms with Gasteiger partial charge in [-0.2, -0.15) is 4.57 Å². The molecule has 1 heterocycles. The van der Waals surface area contributed by atoms with Gasteiger partial charge in [0.15, 0.2) is 12.4 Å². The number of pyridine rings is 1. The van der Waals surface area contributed by atoms with Crippen LogP contribution >= 0.6 is 0 Å². The van der Waals surface area contributed by atoms with E-state index >= 15 is 0 Å². The van der Waals surface area contributed by atoms with E-state index in [2.05, 4.69) is 10.6 Å². The van der Waals surface area contributed by atoms with Crippen molar-refractivity contribution in [2.45, 2.75) is 13.5 Å². The fourth-order valence-corrected chi connectivity index (χ4v) is 1.97. The minimum Gasteiger partial charge on any atom is -0.365 e. The van der Waals surface area contributed by atoms with Crippen molar-refractivity contribution in [3.05, 3.63) is 54.4 Å². The van der Waals surface area contributed by atoms with Crippen LogP contribution in [0.5, 0.6) is 0 Å². The van der Waals surface area contributed by atoms with E-state index in [4.69, 9.17) is 5.73 Å². The molecule has 0 saturated carbocycles. The molecule has 0 saturated heterocycles. The van der Waals surface area contributed by atoms with Crippen LogP contribution in [0.15, 0.2) is 48.8 Å². The van der Waals surface area contributed by atoms with Gasteiger partial charge in [0.05, 0.1) is 0 Å². The Morgan fingerprint density at radius 2 is 1.65 bits per heavy atom. The van der Waals surface area contributed by atoms with Gasteiger partial charge >= 0.3 is 0 Å². The zero-order valence-corrected chi connectivity index (χ0v) is 12.6. The normalized spacial score (nSPS) is 9.96. The number of rotatable bonds is 5. The highest BCUT2D eigenvalue weighted by molar-refractivity contribution is 5.92. The predicted octanol–water partition coefficient (Wildman–Crippen LogP) is 0.670. The van der Waals surface area contributed by atoms with Crippen molar-refractivity contribution in [2.24, 2.45) is 5.73 Å². The lowest BCUT2D eigenvalue weighted by Crippen LogP contribution is -2.40. The average Bonchev–Trinajstić information content (AvgIpc) is 2.49. The van der Waals surface area contributed by atoms with E-state index in [0.717, 1.165) is 0 Å². The minimum absolute atomic E-state index is 0.0502. The van der Waals surface area contributed by atoms with Crippen molar-refractivity contribution < 1.29 is 19.0 Å². The molecule has 23 heavy (non-hydrogen) atoms. The zero-order valence-electron chi connectivity index (χ0n) is 12.6. The third-order valence-electron chi connectivity index (χ3n) is 2.96. The lowest BCUT2D eigenvalue weighted by atomic mass is 10.2. The molecule has 0 radical (unpaired) electrons. The SMILES string of the molecule is CC(=O)Nc1ccc(NC(=O)C[n+]2cccc(C(N)=O)c2)cc1. The summed E-state index contributed by atoms with van der Waals surface area (Å²) in [6.07, 6.45) is 3.19. The summed E-state index contributed by atoms with van der Waals surface area (Å²) in [7, 11) is 0. The molecule has 0 aliphatic rings. The summed E-state index contributed by atoms with van der Waals surface area (Å²) in [6, 6.07) is 9.99. The molecular formula is C16H17N4O3+. The van der Waals surface area contributed by atoms with Crippen molar-refractivity contribution in [3.8, 4) is 0 Å². The van der Waals surface area contributed by atoms with E-state index in [9.17, 15) is 14.4 Å². The lowest BCUT2D eigenvalue weighted by Gasteiger charge is -2.05. The fraction of sp³-hybridized carbons (Fsp3) is 0.125. The van der Waals surface area contributed by atoms with Crippen molar-refractivity contribution in [3.63, 3.8) is 0 Å². The number of nitrogens with one attached hydrogen (secondary N) is 2. The largest absolute Gasteiger partial charge is 0.365 e. The van der Waals surface area contributed by atoms with Gasteiger partial charge in [-0.25, -0.2) is 0 Å². The summed E-state index contributed by atoms with van der Waals surface area (Å²) in [5.41, 5.74) is 6.80. The van der Waals surface area contributed by atoms with Crippen LogP contribution in [0.25, 0.3) is 0 Å². The maximum atomic E-state index is 12.0. The third kappa shape index (κ3) is 4.92. The standard InChI is InChI=1S/C16H16N4O3/c1-11(21)18-13-4-6-14(7-5-13)19-15(22)10-20-8-2-3-12(9-20)16(17)23/h2-9H,10H2,1H3,(H3-,17,18,19,21,22,23)/p+1. The van der Waals surface area contributed by atoms with Crippen molar-refractivity contribution in [1.29, 1.82) is 0 Å². The van der Waals surface area contributed by atoms with Gasteiger partial charge < -0.3 is 16.4 Å². The Bertz CT molecular complexity index is 741. The number of anilines is 2. The number of aromatic nitrogens is 1. The van der Waals surface area contributed by atoms with E-state index in [1.54, 1.807) is 47.2 Å². The second kappa shape index (κ2) is 7.17. The van der Waals surface area contributed by atoms with E-state index in [0.29, 0.717) is 16.9 Å². The van der Waals surface area contributed by atoms with Crippen LogP contribution in [0, 0.1) is 0 Å². The smallest absolute Gasteiger partial charge is 0.290 e. The molecule has 7 heteroatoms. The molecule has 0 atom stereocenters. The Hall–Kier alpha value is -3.22. The van der Waals surface area contributed by atoms with Gasteiger partial charge in [0, 0.05) is 24.4 Å². The van der Waals surface area contributed by atoms with Gasteiger partial charge in [-0.3, -0.25) is 14.4 Å². The third-order valence-corrected chi connectivity index (χ3v) is 2.96. The number of hydrogen-bond acceptors (Lipinski definition) is 3. The van der Waals surface area contributed by atoms with E-state index in [1.165, 1.54) is 13.1 Å². The van der Waals surface area contributed by atoms with Gasteiger partial charge in [0.2, 0.25) is 12.5 Å². The topological polar surface area (TPSA) is 105 Å². The van der Waals surface area contributed by atoms with Crippen LogP contribution in [-0.4, -0.2) is 17.7 Å². The second-order valence-electron chi connectivity index (χ2n) is 4.94. The van der Waals surface area contributed by atoms with E-state index in [-0.39, 0.29) is 18.4 Å². The predicted molar refractivity (Wildman–Crippen MR) is 84.5 cm³/mol. The number of hydrogen-bond donors (Lipinski definition) is 3. The maximum absolute atomic E-state index is 12.0. The molecule has 2 aromatic rings. The summed E-state index contributed by atoms with van der Waals surface area (Å²) in [4.78, 5) is 34.1. The molecule has 0 spiro atoms. The molecule has 3 amide bonds. The van der Waals surface area contributed by atoms with Crippen LogP contribution in [0.2, 0.25) is 0 Å². The Morgan fingerprint density at radius 3 is 2.22 bits per heavy atom. The number of nitrogens with zero attached hydrogens (tertiary/aromatic N) is 1. The highest BCUT2D eigenvalue weighted by Crippen LogP contribution is 2.13. The number of carbonyl (C=O) groups is 3. The highest BCUT2D eigenvalue weighted by atomic mass is 16.2. The Kier molecular flexibility index (Phi) is 5.03. The first kappa shape index (κ1) is 16.2. The molecule has 0 bridgehead atoms. The molecule has 1 aromatic carbocycles. The van der Waals surface area contributed by atoms with Gasteiger partial charge in [-0.05, 0) is 30.3 Å². The molecular weight excluding hydrogens is 296 g/mol. The average molecular weight is 313 g/mol. The van der Waals surface area contributed by atoms with Crippen molar-refractivity contribution in [1.82, 2.24) is 0 Å². The summed E-state index contributed by atoms with van der Waals surface area (Å²) in [5, 5.41) is 5.37. The minimum atomic E-state index is -0.548. The number of benzene rings is 1. The number of primary amides is 1. The summed E-state index contributed by atoms with van der Waals surface area (Å²) >= 11 is 0. The zero-order chi connectivity index (χ0) is 16.8. The molecule has 0 unspecified atom stereocenters. The molecule has 2 rings (SSSR count). The van der Waals surface area contributed by atoms with Gasteiger partial charge in [-0.15, -0.1) is 0 Å². The van der Waals surface area contributed by atoms with Crippen molar-refractivity contribution >= 4 is 29.1 Å². The molecule has 0 aliphatic carbocycles. The van der Waals surface area contributed by atoms with Crippen LogP contribution in [0.4, 0.5) is 11.4 Å². The number of carbonyl (C=O) groups excluding carboxylic acids is 3. The summed E-state index contributed by atoms with van der Waals surface area (Å²) in [6.45, 7) is 1.47. The van der Waals surface area contributed by atoms with Gasteiger partial charge in [-0.1, -0.05) is 0 Å². The lowest BCUT2D eigenvalue weighted by molar-refractivity contribution is -0.684. The number of nitrogens with two attached hydrogens (primary N) is 1. The van der Waals surface area contributed by atoms with Crippen LogP contribution in [0.1, 0.15) is 17.3 Å². The Balaban J connectivity index is 1.98. The van der Waals surface area contributed by atoms with E-state index < -0.39 is 5.91 Å². The van der Waals surface area contributed by atoms with E-state index in [1.807, 2.05) is 0 Å². The first-order valence-corrected chi connectivity index (χ1v) is 6.90. The van der Waals surface area contributed by atoms with Crippen LogP contribution in [-0.2, 0) is 16.1 Å². The highest BCUT2D eigenvalue weighted by Gasteiger charge is 2.12. The van der Waals surface area contributed by atoms with Crippen LogP contribution in [0.3, 0.4) is 0 Å². The maximum Gasteiger partial charge on any atom is 0.290 e. The molecule has 0 fully saturated rings. The Labute approximate surface area is 133 Å². The summed E-state index contributed by atoms with van der Waals surface area (Å²) in [5.74, 6) is -0.954. The summed E-state index contributed by atoms with van der Waals surface area (Å²) < 4.78 is 1.57. The van der Waals surface area contributed by atoms with Gasteiger partial charge in [0.1, 0.15) is 5.56 Å². The number of amides is 3. The first-order valence-electron chi connectivity index (χ1n) is 6.90. The molecule has 118 valence electrons. The molecule has 0 aliphatic heterocycles. The Morgan fingerprint density at radius 1 is 1.04 bits per heavy atom. The molecule has 7 nitrogen and oxygen atoms in total.